The summed E-state index contributed by atoms with van der Waals surface area (Å²) in [4.78, 5) is 26.0. The second-order valence-electron chi connectivity index (χ2n) is 8.55. The van der Waals surface area contributed by atoms with Crippen LogP contribution in [0.2, 0.25) is 0 Å². The molecule has 4 heterocycles. The van der Waals surface area contributed by atoms with E-state index < -0.39 is 0 Å². The number of rotatable bonds is 4. The number of pyridine rings is 2. The zero-order valence-electron chi connectivity index (χ0n) is 18.2. The van der Waals surface area contributed by atoms with Gasteiger partial charge in [-0.2, -0.15) is 0 Å². The molecule has 0 unspecified atom stereocenters. The van der Waals surface area contributed by atoms with Gasteiger partial charge in [0.2, 0.25) is 0 Å². The number of fused-ring (bicyclic) bond motifs is 2. The number of aromatic nitrogens is 3. The lowest BCUT2D eigenvalue weighted by atomic mass is 10.0. The molecule has 0 aliphatic carbocycles. The first kappa shape index (κ1) is 19.9. The highest BCUT2D eigenvalue weighted by atomic mass is 16.5. The van der Waals surface area contributed by atoms with Crippen LogP contribution in [0.25, 0.3) is 44.2 Å². The van der Waals surface area contributed by atoms with Gasteiger partial charge in [-0.15, -0.1) is 0 Å². The summed E-state index contributed by atoms with van der Waals surface area (Å²) < 4.78 is 5.45. The van der Waals surface area contributed by atoms with Crippen LogP contribution in [0.5, 0.6) is 0 Å². The van der Waals surface area contributed by atoms with Crippen molar-refractivity contribution in [2.24, 2.45) is 0 Å². The van der Waals surface area contributed by atoms with Crippen molar-refractivity contribution in [1.29, 1.82) is 0 Å². The number of aromatic amines is 2. The predicted molar refractivity (Wildman–Crippen MR) is 131 cm³/mol. The maximum Gasteiger partial charge on any atom is 0.257 e. The molecule has 2 N–H and O–H groups in total. The number of morpholine rings is 1. The van der Waals surface area contributed by atoms with E-state index in [0.717, 1.165) is 71.5 Å². The van der Waals surface area contributed by atoms with Crippen molar-refractivity contribution in [3.63, 3.8) is 0 Å². The van der Waals surface area contributed by atoms with Gasteiger partial charge in [-0.05, 0) is 59.0 Å². The molecule has 0 bridgehead atoms. The van der Waals surface area contributed by atoms with Crippen LogP contribution in [0, 0.1) is 0 Å². The molecule has 1 aliphatic rings. The van der Waals surface area contributed by atoms with Gasteiger partial charge in [-0.25, -0.2) is 0 Å². The van der Waals surface area contributed by atoms with Gasteiger partial charge in [-0.1, -0.05) is 18.2 Å². The van der Waals surface area contributed by atoms with E-state index in [0.29, 0.717) is 5.56 Å². The molecule has 6 rings (SSSR count). The summed E-state index contributed by atoms with van der Waals surface area (Å²) in [5.74, 6) is 0. The lowest BCUT2D eigenvalue weighted by Gasteiger charge is -2.26. The second-order valence-corrected chi connectivity index (χ2v) is 8.55. The third kappa shape index (κ3) is 3.95. The Hall–Kier alpha value is -3.74. The van der Waals surface area contributed by atoms with Crippen LogP contribution in [0.15, 0.2) is 77.9 Å². The van der Waals surface area contributed by atoms with Crippen molar-refractivity contribution >= 4 is 21.8 Å². The van der Waals surface area contributed by atoms with Gasteiger partial charge in [-0.3, -0.25) is 14.7 Å². The van der Waals surface area contributed by atoms with E-state index in [1.807, 2.05) is 36.5 Å². The van der Waals surface area contributed by atoms with Crippen LogP contribution in [0.4, 0.5) is 0 Å². The Morgan fingerprint density at radius 3 is 2.55 bits per heavy atom. The fraction of sp³-hybridized carbons (Fsp3) is 0.185. The fourth-order valence-electron chi connectivity index (χ4n) is 4.56. The molecule has 2 aromatic carbocycles. The number of hydrogen-bond acceptors (Lipinski definition) is 4. The van der Waals surface area contributed by atoms with Crippen LogP contribution in [0.1, 0.15) is 5.56 Å². The number of benzene rings is 2. The molecule has 0 atom stereocenters. The van der Waals surface area contributed by atoms with Crippen molar-refractivity contribution in [3.8, 4) is 22.4 Å². The Kier molecular flexibility index (Phi) is 5.02. The largest absolute Gasteiger partial charge is 0.379 e. The smallest absolute Gasteiger partial charge is 0.257 e. The molecule has 0 radical (unpaired) electrons. The Morgan fingerprint density at radius 2 is 1.70 bits per heavy atom. The molecule has 1 saturated heterocycles. The molecule has 1 fully saturated rings. The molecule has 1 aliphatic heterocycles. The molecule has 0 amide bonds. The van der Waals surface area contributed by atoms with Gasteiger partial charge in [0.25, 0.3) is 5.56 Å². The van der Waals surface area contributed by atoms with Crippen LogP contribution in [0.3, 0.4) is 0 Å². The zero-order chi connectivity index (χ0) is 22.2. The van der Waals surface area contributed by atoms with Gasteiger partial charge < -0.3 is 14.7 Å². The van der Waals surface area contributed by atoms with E-state index in [-0.39, 0.29) is 5.56 Å². The highest BCUT2D eigenvalue weighted by molar-refractivity contribution is 5.90. The first-order valence-corrected chi connectivity index (χ1v) is 11.2. The highest BCUT2D eigenvalue weighted by Crippen LogP contribution is 2.27. The van der Waals surface area contributed by atoms with Crippen LogP contribution >= 0.6 is 0 Å². The van der Waals surface area contributed by atoms with E-state index in [4.69, 9.17) is 4.74 Å². The minimum absolute atomic E-state index is 0.100. The lowest BCUT2D eigenvalue weighted by molar-refractivity contribution is 0.0342. The van der Waals surface area contributed by atoms with Crippen molar-refractivity contribution in [3.05, 3.63) is 89.0 Å². The summed E-state index contributed by atoms with van der Waals surface area (Å²) in [5.41, 5.74) is 6.59. The lowest BCUT2D eigenvalue weighted by Crippen LogP contribution is -2.35. The predicted octanol–water partition coefficient (Wildman–Crippen LogP) is 4.57. The average Bonchev–Trinajstić information content (AvgIpc) is 3.28. The molecule has 164 valence electrons. The number of nitrogens with zero attached hydrogens (tertiary/aromatic N) is 2. The minimum Gasteiger partial charge on any atom is -0.379 e. The van der Waals surface area contributed by atoms with Crippen LogP contribution < -0.4 is 5.56 Å². The minimum atomic E-state index is -0.100. The molecular formula is C27H24N4O2. The first-order chi connectivity index (χ1) is 16.2. The summed E-state index contributed by atoms with van der Waals surface area (Å²) in [7, 11) is 0. The molecule has 33 heavy (non-hydrogen) atoms. The highest BCUT2D eigenvalue weighted by Gasteiger charge is 2.13. The molecule has 0 saturated carbocycles. The monoisotopic (exact) mass is 436 g/mol. The van der Waals surface area contributed by atoms with E-state index in [1.165, 1.54) is 5.56 Å². The third-order valence-electron chi connectivity index (χ3n) is 6.32. The van der Waals surface area contributed by atoms with E-state index >= 15 is 0 Å². The summed E-state index contributed by atoms with van der Waals surface area (Å²) in [6.07, 6.45) is 3.61. The average molecular weight is 437 g/mol. The number of ether oxygens (including phenoxy) is 1. The summed E-state index contributed by atoms with van der Waals surface area (Å²) in [6, 6.07) is 20.5. The third-order valence-corrected chi connectivity index (χ3v) is 6.32. The van der Waals surface area contributed by atoms with Crippen molar-refractivity contribution < 1.29 is 4.74 Å². The summed E-state index contributed by atoms with van der Waals surface area (Å²) in [5, 5.41) is 2.09. The Bertz CT molecular complexity index is 1500. The van der Waals surface area contributed by atoms with Gasteiger partial charge in [0.1, 0.15) is 0 Å². The van der Waals surface area contributed by atoms with Crippen LogP contribution in [-0.4, -0.2) is 46.2 Å². The van der Waals surface area contributed by atoms with E-state index in [1.54, 1.807) is 6.20 Å². The zero-order valence-corrected chi connectivity index (χ0v) is 18.2. The fourth-order valence-corrected chi connectivity index (χ4v) is 4.56. The summed E-state index contributed by atoms with van der Waals surface area (Å²) in [6.45, 7) is 4.43. The normalized spacial score (nSPS) is 14.8. The molecular weight excluding hydrogens is 412 g/mol. The maximum atomic E-state index is 12.9. The summed E-state index contributed by atoms with van der Waals surface area (Å²) >= 11 is 0. The van der Waals surface area contributed by atoms with Crippen LogP contribution in [-0.2, 0) is 11.3 Å². The Morgan fingerprint density at radius 1 is 0.879 bits per heavy atom. The Labute approximate surface area is 190 Å². The molecule has 5 aromatic rings. The standard InChI is InChI=1S/C27H24N4O2/c32-27-23(14-22-13-19(4-6-25(22)30-27)20-2-1-7-28-16-20)26-15-21-12-18(3-5-24(21)29-26)17-31-8-10-33-11-9-31/h1-7,12-16,29H,8-11,17H2,(H,30,32). The second kappa shape index (κ2) is 8.31. The molecule has 6 heteroatoms. The van der Waals surface area contributed by atoms with Gasteiger partial charge in [0.05, 0.1) is 24.5 Å². The topological polar surface area (TPSA) is 74.0 Å². The molecule has 0 spiro atoms. The first-order valence-electron chi connectivity index (χ1n) is 11.2. The van der Waals surface area contributed by atoms with Crippen molar-refractivity contribution in [1.82, 2.24) is 19.9 Å². The molecule has 6 nitrogen and oxygen atoms in total. The van der Waals surface area contributed by atoms with Crippen molar-refractivity contribution in [2.45, 2.75) is 6.54 Å². The van der Waals surface area contributed by atoms with Crippen molar-refractivity contribution in [2.75, 3.05) is 26.3 Å². The number of nitrogens with one attached hydrogen (secondary N) is 2. The number of H-pyrrole nitrogens is 2. The van der Waals surface area contributed by atoms with E-state index in [9.17, 15) is 4.79 Å². The SMILES string of the molecule is O=c1[nH]c2ccc(-c3cccnc3)cc2cc1-c1cc2cc(CN3CCOCC3)ccc2[nH]1. The van der Waals surface area contributed by atoms with Gasteiger partial charge >= 0.3 is 0 Å². The quantitative estimate of drug-likeness (QED) is 0.433. The molecule has 3 aromatic heterocycles. The Balaban J connectivity index is 1.36. The number of hydrogen-bond donors (Lipinski definition) is 2. The van der Waals surface area contributed by atoms with Gasteiger partial charge in [0.15, 0.2) is 0 Å². The van der Waals surface area contributed by atoms with E-state index in [2.05, 4.69) is 50.2 Å². The maximum absolute atomic E-state index is 12.9. The van der Waals surface area contributed by atoms with Gasteiger partial charge in [0, 0.05) is 54.0 Å².